The van der Waals surface area contributed by atoms with E-state index in [-0.39, 0.29) is 0 Å². The van der Waals surface area contributed by atoms with E-state index in [0.29, 0.717) is 29.1 Å². The van der Waals surface area contributed by atoms with E-state index in [9.17, 15) is 0 Å². The number of rotatable bonds is 4. The number of anilines is 1. The summed E-state index contributed by atoms with van der Waals surface area (Å²) in [6.45, 7) is 6.02. The van der Waals surface area contributed by atoms with E-state index >= 15 is 0 Å². The molecule has 2 rings (SSSR count). The highest BCUT2D eigenvalue weighted by Gasteiger charge is 2.12. The molecule has 0 fully saturated rings. The molecule has 6 nitrogen and oxygen atoms in total. The van der Waals surface area contributed by atoms with Crippen molar-refractivity contribution < 1.29 is 4.52 Å². The fraction of sp³-hybridized carbons (Fsp3) is 0.333. The first-order valence-electron chi connectivity index (χ1n) is 5.78. The number of thiocarbonyl (C=S) groups is 1. The van der Waals surface area contributed by atoms with Gasteiger partial charge >= 0.3 is 0 Å². The second-order valence-electron chi connectivity index (χ2n) is 4.25. The standard InChI is InChI=1S/C12H15N5OS/c1-6-4-7(2)15-12(10(6)11(13)19)14-5-9-16-8(3)18-17-9/h4H,5H2,1-3H3,(H2,13,19)(H,14,15). The lowest BCUT2D eigenvalue weighted by Crippen LogP contribution is -2.17. The molecule has 0 radical (unpaired) electrons. The van der Waals surface area contributed by atoms with Crippen molar-refractivity contribution in [2.75, 3.05) is 5.32 Å². The fourth-order valence-electron chi connectivity index (χ4n) is 1.85. The number of aromatic nitrogens is 3. The van der Waals surface area contributed by atoms with Crippen LogP contribution in [-0.4, -0.2) is 20.1 Å². The van der Waals surface area contributed by atoms with Crippen LogP contribution in [0.25, 0.3) is 0 Å². The maximum Gasteiger partial charge on any atom is 0.223 e. The van der Waals surface area contributed by atoms with Crippen LogP contribution in [0, 0.1) is 20.8 Å². The van der Waals surface area contributed by atoms with Gasteiger partial charge in [-0.3, -0.25) is 0 Å². The van der Waals surface area contributed by atoms with Crippen LogP contribution in [0.5, 0.6) is 0 Å². The Kier molecular flexibility index (Phi) is 3.75. The Balaban J connectivity index is 2.26. The van der Waals surface area contributed by atoms with Crippen molar-refractivity contribution in [1.29, 1.82) is 0 Å². The molecule has 0 aromatic carbocycles. The Morgan fingerprint density at radius 1 is 1.37 bits per heavy atom. The van der Waals surface area contributed by atoms with Gasteiger partial charge in [0.2, 0.25) is 5.89 Å². The Morgan fingerprint density at radius 3 is 2.68 bits per heavy atom. The van der Waals surface area contributed by atoms with Crippen LogP contribution in [0.4, 0.5) is 5.82 Å². The van der Waals surface area contributed by atoms with Gasteiger partial charge in [0.05, 0.1) is 12.1 Å². The minimum Gasteiger partial charge on any atom is -0.389 e. The molecular weight excluding hydrogens is 262 g/mol. The van der Waals surface area contributed by atoms with Crippen LogP contribution in [0.3, 0.4) is 0 Å². The van der Waals surface area contributed by atoms with Crippen molar-refractivity contribution in [2.45, 2.75) is 27.3 Å². The summed E-state index contributed by atoms with van der Waals surface area (Å²) in [7, 11) is 0. The summed E-state index contributed by atoms with van der Waals surface area (Å²) in [5.74, 6) is 1.74. The highest BCUT2D eigenvalue weighted by atomic mass is 32.1. The maximum atomic E-state index is 5.74. The van der Waals surface area contributed by atoms with Crippen molar-refractivity contribution in [3.05, 3.63) is 34.6 Å². The molecule has 3 N–H and O–H groups in total. The number of hydrogen-bond acceptors (Lipinski definition) is 6. The fourth-order valence-corrected chi connectivity index (χ4v) is 2.11. The first-order valence-corrected chi connectivity index (χ1v) is 6.19. The van der Waals surface area contributed by atoms with Gasteiger partial charge in [-0.25, -0.2) is 4.98 Å². The average Bonchev–Trinajstić information content (AvgIpc) is 2.71. The highest BCUT2D eigenvalue weighted by Crippen LogP contribution is 2.19. The van der Waals surface area contributed by atoms with Crippen LogP contribution >= 0.6 is 12.2 Å². The van der Waals surface area contributed by atoms with E-state index in [2.05, 4.69) is 20.4 Å². The van der Waals surface area contributed by atoms with Crippen molar-refractivity contribution >= 4 is 23.0 Å². The Labute approximate surface area is 116 Å². The van der Waals surface area contributed by atoms with Gasteiger partial charge in [0.25, 0.3) is 0 Å². The molecule has 2 aromatic heterocycles. The van der Waals surface area contributed by atoms with Gasteiger partial charge < -0.3 is 15.6 Å². The predicted octanol–water partition coefficient (Wildman–Crippen LogP) is 1.64. The van der Waals surface area contributed by atoms with Gasteiger partial charge in [-0.1, -0.05) is 17.4 Å². The monoisotopic (exact) mass is 277 g/mol. The minimum absolute atomic E-state index is 0.316. The summed E-state index contributed by atoms with van der Waals surface area (Å²) in [5, 5.41) is 6.95. The Bertz CT molecular complexity index is 623. The van der Waals surface area contributed by atoms with E-state index in [1.54, 1.807) is 6.92 Å². The zero-order chi connectivity index (χ0) is 14.0. The highest BCUT2D eigenvalue weighted by molar-refractivity contribution is 7.80. The first kappa shape index (κ1) is 13.4. The molecule has 0 aliphatic rings. The zero-order valence-corrected chi connectivity index (χ0v) is 11.8. The first-order chi connectivity index (χ1) is 8.97. The third kappa shape index (κ3) is 3.05. The van der Waals surface area contributed by atoms with Crippen LogP contribution in [0.2, 0.25) is 0 Å². The van der Waals surface area contributed by atoms with Gasteiger partial charge in [-0.05, 0) is 25.5 Å². The van der Waals surface area contributed by atoms with E-state index in [1.807, 2.05) is 19.9 Å². The molecule has 19 heavy (non-hydrogen) atoms. The molecule has 0 unspecified atom stereocenters. The van der Waals surface area contributed by atoms with Crippen LogP contribution < -0.4 is 11.1 Å². The molecule has 0 bridgehead atoms. The van der Waals surface area contributed by atoms with Gasteiger partial charge in [0.1, 0.15) is 10.8 Å². The Morgan fingerprint density at radius 2 is 2.11 bits per heavy atom. The van der Waals surface area contributed by atoms with E-state index in [1.165, 1.54) is 0 Å². The average molecular weight is 277 g/mol. The lowest BCUT2D eigenvalue weighted by Gasteiger charge is -2.12. The van der Waals surface area contributed by atoms with Crippen molar-refractivity contribution in [3.8, 4) is 0 Å². The smallest absolute Gasteiger partial charge is 0.223 e. The second kappa shape index (κ2) is 5.31. The largest absolute Gasteiger partial charge is 0.389 e. The number of aryl methyl sites for hydroxylation is 3. The molecule has 0 saturated carbocycles. The number of nitrogens with one attached hydrogen (secondary N) is 1. The minimum atomic E-state index is 0.316. The molecule has 0 aliphatic heterocycles. The van der Waals surface area contributed by atoms with Crippen LogP contribution in [0.15, 0.2) is 10.6 Å². The summed E-state index contributed by atoms with van der Waals surface area (Å²) >= 11 is 5.06. The van der Waals surface area contributed by atoms with Gasteiger partial charge in [-0.15, -0.1) is 0 Å². The number of hydrogen-bond donors (Lipinski definition) is 2. The molecule has 0 amide bonds. The molecule has 2 heterocycles. The summed E-state index contributed by atoms with van der Waals surface area (Å²) in [4.78, 5) is 8.84. The summed E-state index contributed by atoms with van der Waals surface area (Å²) < 4.78 is 4.91. The Hall–Kier alpha value is -2.02. The van der Waals surface area contributed by atoms with E-state index in [0.717, 1.165) is 16.8 Å². The SMILES string of the molecule is Cc1cc(C)c(C(N)=S)c(NCc2noc(C)n2)n1. The van der Waals surface area contributed by atoms with Crippen molar-refractivity contribution in [2.24, 2.45) is 5.73 Å². The van der Waals surface area contributed by atoms with Crippen LogP contribution in [0.1, 0.15) is 28.5 Å². The summed E-state index contributed by atoms with van der Waals surface area (Å²) in [6.07, 6.45) is 0. The number of nitrogens with zero attached hydrogens (tertiary/aromatic N) is 3. The molecule has 0 aliphatic carbocycles. The molecule has 0 atom stereocenters. The lowest BCUT2D eigenvalue weighted by molar-refractivity contribution is 0.388. The molecule has 7 heteroatoms. The molecular formula is C12H15N5OS. The van der Waals surface area contributed by atoms with E-state index in [4.69, 9.17) is 22.5 Å². The molecule has 0 saturated heterocycles. The number of pyridine rings is 1. The third-order valence-corrected chi connectivity index (χ3v) is 2.78. The molecule has 2 aromatic rings. The predicted molar refractivity (Wildman–Crippen MR) is 76.0 cm³/mol. The zero-order valence-electron chi connectivity index (χ0n) is 11.0. The molecule has 0 spiro atoms. The topological polar surface area (TPSA) is 89.9 Å². The van der Waals surface area contributed by atoms with Gasteiger partial charge in [-0.2, -0.15) is 4.98 Å². The van der Waals surface area contributed by atoms with E-state index < -0.39 is 0 Å². The van der Waals surface area contributed by atoms with Gasteiger partial charge in [0.15, 0.2) is 5.82 Å². The lowest BCUT2D eigenvalue weighted by atomic mass is 10.1. The second-order valence-corrected chi connectivity index (χ2v) is 4.69. The third-order valence-electron chi connectivity index (χ3n) is 2.57. The normalized spacial score (nSPS) is 10.5. The van der Waals surface area contributed by atoms with Crippen LogP contribution in [-0.2, 0) is 6.54 Å². The van der Waals surface area contributed by atoms with Crippen molar-refractivity contribution in [1.82, 2.24) is 15.1 Å². The quantitative estimate of drug-likeness (QED) is 0.821. The summed E-state index contributed by atoms with van der Waals surface area (Å²) in [6, 6.07) is 1.94. The summed E-state index contributed by atoms with van der Waals surface area (Å²) in [5.41, 5.74) is 8.38. The number of nitrogens with two attached hydrogens (primary N) is 1. The van der Waals surface area contributed by atoms with Gasteiger partial charge in [0, 0.05) is 12.6 Å². The maximum absolute atomic E-state index is 5.74. The molecule has 100 valence electrons. The van der Waals surface area contributed by atoms with Crippen molar-refractivity contribution in [3.63, 3.8) is 0 Å².